The van der Waals surface area contributed by atoms with Gasteiger partial charge < -0.3 is 10.2 Å². The Morgan fingerprint density at radius 1 is 1.50 bits per heavy atom. The van der Waals surface area contributed by atoms with E-state index in [1.165, 1.54) is 0 Å². The van der Waals surface area contributed by atoms with Crippen LogP contribution < -0.4 is 5.32 Å². The van der Waals surface area contributed by atoms with Crippen molar-refractivity contribution in [3.63, 3.8) is 0 Å². The number of carbonyl (C=O) groups excluding carboxylic acids is 1. The molecule has 4 heteroatoms. The normalized spacial score (nSPS) is 19.4. The van der Waals surface area contributed by atoms with Gasteiger partial charge in [0.2, 0.25) is 5.91 Å². The second kappa shape index (κ2) is 5.65. The molecule has 1 unspecified atom stereocenters. The minimum atomic E-state index is 0.0556. The Labute approximate surface area is 107 Å². The molecule has 0 bridgehead atoms. The number of nitriles is 1. The Balaban J connectivity index is 1.85. The lowest BCUT2D eigenvalue weighted by Gasteiger charge is -2.10. The molecule has 2 rings (SSSR count). The van der Waals surface area contributed by atoms with Crippen LogP contribution in [0.5, 0.6) is 0 Å². The monoisotopic (exact) mass is 243 g/mol. The van der Waals surface area contributed by atoms with E-state index in [1.807, 2.05) is 0 Å². The number of amides is 1. The highest BCUT2D eigenvalue weighted by atomic mass is 16.1. The van der Waals surface area contributed by atoms with Crippen LogP contribution in [-0.2, 0) is 4.79 Å². The second-order valence-electron chi connectivity index (χ2n) is 4.86. The first-order valence-corrected chi connectivity index (χ1v) is 6.16. The molecule has 1 atom stereocenters. The minimum absolute atomic E-state index is 0.0556. The van der Waals surface area contributed by atoms with E-state index >= 15 is 0 Å². The van der Waals surface area contributed by atoms with E-state index in [9.17, 15) is 4.79 Å². The molecular weight excluding hydrogens is 226 g/mol. The summed E-state index contributed by atoms with van der Waals surface area (Å²) in [7, 11) is 2.08. The number of hydrogen-bond acceptors (Lipinski definition) is 3. The van der Waals surface area contributed by atoms with Crippen LogP contribution >= 0.6 is 0 Å². The Morgan fingerprint density at radius 3 is 2.78 bits per heavy atom. The fourth-order valence-corrected chi connectivity index (χ4v) is 2.30. The summed E-state index contributed by atoms with van der Waals surface area (Å²) in [5, 5.41) is 11.6. The van der Waals surface area contributed by atoms with Crippen LogP contribution in [0.1, 0.15) is 18.4 Å². The van der Waals surface area contributed by atoms with E-state index in [0.717, 1.165) is 25.2 Å². The predicted molar refractivity (Wildman–Crippen MR) is 70.0 cm³/mol. The highest BCUT2D eigenvalue weighted by Gasteiger charge is 2.21. The second-order valence-corrected chi connectivity index (χ2v) is 4.86. The highest BCUT2D eigenvalue weighted by Crippen LogP contribution is 2.19. The average molecular weight is 243 g/mol. The van der Waals surface area contributed by atoms with Gasteiger partial charge in [-0.05, 0) is 50.2 Å². The fraction of sp³-hybridized carbons (Fsp3) is 0.429. The molecule has 1 aliphatic heterocycles. The quantitative estimate of drug-likeness (QED) is 0.881. The van der Waals surface area contributed by atoms with Crippen LogP contribution in [0.2, 0.25) is 0 Å². The first kappa shape index (κ1) is 12.6. The molecule has 1 amide bonds. The summed E-state index contributed by atoms with van der Waals surface area (Å²) in [5.74, 6) is 0.522. The summed E-state index contributed by atoms with van der Waals surface area (Å²) >= 11 is 0. The molecule has 1 N–H and O–H groups in total. The molecule has 4 nitrogen and oxygen atoms in total. The van der Waals surface area contributed by atoms with E-state index in [2.05, 4.69) is 23.3 Å². The summed E-state index contributed by atoms with van der Waals surface area (Å²) in [5.41, 5.74) is 1.36. The maximum absolute atomic E-state index is 11.8. The molecule has 0 aromatic heterocycles. The maximum Gasteiger partial charge on any atom is 0.224 e. The molecule has 0 aliphatic carbocycles. The summed E-state index contributed by atoms with van der Waals surface area (Å²) in [6.45, 7) is 2.08. The van der Waals surface area contributed by atoms with Crippen LogP contribution in [0.3, 0.4) is 0 Å². The zero-order valence-corrected chi connectivity index (χ0v) is 10.5. The largest absolute Gasteiger partial charge is 0.326 e. The molecule has 0 spiro atoms. The van der Waals surface area contributed by atoms with Gasteiger partial charge in [-0.25, -0.2) is 0 Å². The lowest BCUT2D eigenvalue weighted by atomic mass is 10.0. The number of hydrogen-bond donors (Lipinski definition) is 1. The Hall–Kier alpha value is -1.86. The molecule has 94 valence electrons. The number of likely N-dealkylation sites (tertiary alicyclic amines) is 1. The van der Waals surface area contributed by atoms with Crippen molar-refractivity contribution in [2.45, 2.75) is 12.8 Å². The van der Waals surface area contributed by atoms with Crippen molar-refractivity contribution < 1.29 is 4.79 Å². The zero-order chi connectivity index (χ0) is 13.0. The van der Waals surface area contributed by atoms with Gasteiger partial charge >= 0.3 is 0 Å². The van der Waals surface area contributed by atoms with Crippen molar-refractivity contribution in [1.82, 2.24) is 4.90 Å². The number of nitrogens with one attached hydrogen (secondary N) is 1. The van der Waals surface area contributed by atoms with Gasteiger partial charge in [0.25, 0.3) is 0 Å². The predicted octanol–water partition coefficient (Wildman–Crippen LogP) is 1.84. The lowest BCUT2D eigenvalue weighted by molar-refractivity contribution is -0.117. The number of anilines is 1. The third-order valence-corrected chi connectivity index (χ3v) is 3.26. The third kappa shape index (κ3) is 3.31. The van der Waals surface area contributed by atoms with Crippen LogP contribution in [0.25, 0.3) is 0 Å². The molecular formula is C14H17N3O. The zero-order valence-electron chi connectivity index (χ0n) is 10.5. The SMILES string of the molecule is CN1CCC(CC(=O)Nc2ccc(C#N)cc2)C1. The molecule has 0 saturated carbocycles. The molecule has 1 saturated heterocycles. The molecule has 1 aliphatic rings. The molecule has 1 aromatic carbocycles. The van der Waals surface area contributed by atoms with E-state index in [1.54, 1.807) is 24.3 Å². The van der Waals surface area contributed by atoms with Crippen LogP contribution in [0, 0.1) is 17.2 Å². The van der Waals surface area contributed by atoms with Gasteiger partial charge in [-0.3, -0.25) is 4.79 Å². The van der Waals surface area contributed by atoms with Gasteiger partial charge in [0.15, 0.2) is 0 Å². The standard InChI is InChI=1S/C14H17N3O/c1-17-7-6-12(10-17)8-14(18)16-13-4-2-11(9-15)3-5-13/h2-5,12H,6-8,10H2,1H3,(H,16,18). The van der Waals surface area contributed by atoms with E-state index < -0.39 is 0 Å². The number of carbonyl (C=O) groups is 1. The average Bonchev–Trinajstić information content (AvgIpc) is 2.75. The summed E-state index contributed by atoms with van der Waals surface area (Å²) in [6.07, 6.45) is 1.67. The summed E-state index contributed by atoms with van der Waals surface area (Å²) in [6, 6.07) is 8.99. The summed E-state index contributed by atoms with van der Waals surface area (Å²) in [4.78, 5) is 14.1. The van der Waals surface area contributed by atoms with Gasteiger partial charge in [-0.15, -0.1) is 0 Å². The van der Waals surface area contributed by atoms with Crippen molar-refractivity contribution in [3.05, 3.63) is 29.8 Å². The van der Waals surface area contributed by atoms with Crippen LogP contribution in [0.4, 0.5) is 5.69 Å². The van der Waals surface area contributed by atoms with E-state index in [-0.39, 0.29) is 5.91 Å². The van der Waals surface area contributed by atoms with Gasteiger partial charge in [0, 0.05) is 18.7 Å². The molecule has 0 radical (unpaired) electrons. The first-order valence-electron chi connectivity index (χ1n) is 6.16. The minimum Gasteiger partial charge on any atom is -0.326 e. The maximum atomic E-state index is 11.8. The van der Waals surface area contributed by atoms with Crippen molar-refractivity contribution >= 4 is 11.6 Å². The smallest absolute Gasteiger partial charge is 0.224 e. The van der Waals surface area contributed by atoms with Crippen molar-refractivity contribution in [2.75, 3.05) is 25.5 Å². The van der Waals surface area contributed by atoms with Gasteiger partial charge in [0.1, 0.15) is 0 Å². The topological polar surface area (TPSA) is 56.1 Å². The molecule has 1 aromatic rings. The highest BCUT2D eigenvalue weighted by molar-refractivity contribution is 5.90. The van der Waals surface area contributed by atoms with Crippen LogP contribution in [0.15, 0.2) is 24.3 Å². The van der Waals surface area contributed by atoms with E-state index in [4.69, 9.17) is 5.26 Å². The number of benzene rings is 1. The van der Waals surface area contributed by atoms with Crippen molar-refractivity contribution in [2.24, 2.45) is 5.92 Å². The van der Waals surface area contributed by atoms with Crippen LogP contribution in [-0.4, -0.2) is 30.9 Å². The molecule has 1 heterocycles. The number of rotatable bonds is 3. The number of nitrogens with zero attached hydrogens (tertiary/aromatic N) is 2. The van der Waals surface area contributed by atoms with Crippen molar-refractivity contribution in [1.29, 1.82) is 5.26 Å². The summed E-state index contributed by atoms with van der Waals surface area (Å²) < 4.78 is 0. The Kier molecular flexibility index (Phi) is 3.96. The lowest BCUT2D eigenvalue weighted by Crippen LogP contribution is -2.19. The fourth-order valence-electron chi connectivity index (χ4n) is 2.30. The van der Waals surface area contributed by atoms with Gasteiger partial charge in [0.05, 0.1) is 11.6 Å². The van der Waals surface area contributed by atoms with Gasteiger partial charge in [-0.2, -0.15) is 5.26 Å². The Bertz CT molecular complexity index is 461. The molecule has 18 heavy (non-hydrogen) atoms. The first-order chi connectivity index (χ1) is 8.67. The Morgan fingerprint density at radius 2 is 2.22 bits per heavy atom. The third-order valence-electron chi connectivity index (χ3n) is 3.26. The van der Waals surface area contributed by atoms with Gasteiger partial charge in [-0.1, -0.05) is 0 Å². The molecule has 1 fully saturated rings. The van der Waals surface area contributed by atoms with E-state index in [0.29, 0.717) is 17.9 Å². The van der Waals surface area contributed by atoms with Crippen molar-refractivity contribution in [3.8, 4) is 6.07 Å².